The van der Waals surface area contributed by atoms with Crippen LogP contribution in [0.2, 0.25) is 0 Å². The molecule has 5 atom stereocenters. The summed E-state index contributed by atoms with van der Waals surface area (Å²) in [5, 5.41) is -0.622. The van der Waals surface area contributed by atoms with Crippen LogP contribution in [0.15, 0.2) is 71.0 Å². The number of ether oxygens (including phenoxy) is 1. The van der Waals surface area contributed by atoms with Crippen molar-refractivity contribution in [3.63, 3.8) is 0 Å². The van der Waals surface area contributed by atoms with E-state index in [2.05, 4.69) is 11.3 Å². The third-order valence-corrected chi connectivity index (χ3v) is 14.7. The van der Waals surface area contributed by atoms with Gasteiger partial charge < -0.3 is 14.5 Å². The number of likely N-dealkylation sites (tertiary alicyclic amines) is 2. The number of nitrogens with zero attached hydrogens (tertiary/aromatic N) is 3. The number of benzene rings is 2. The van der Waals surface area contributed by atoms with E-state index in [0.29, 0.717) is 37.3 Å². The van der Waals surface area contributed by atoms with Crippen LogP contribution in [-0.4, -0.2) is 84.8 Å². The molecule has 14 heteroatoms. The lowest BCUT2D eigenvalue weighted by atomic mass is 9.77. The van der Waals surface area contributed by atoms with E-state index >= 15 is 0 Å². The van der Waals surface area contributed by atoms with Crippen LogP contribution in [0.5, 0.6) is 0 Å². The third kappa shape index (κ3) is 7.94. The fraction of sp³-hybridized carbons (Fsp3) is 0.537. The molecule has 2 aromatic carbocycles. The van der Waals surface area contributed by atoms with Gasteiger partial charge in [-0.2, -0.15) is 0 Å². The number of fused-ring (bicyclic) bond motifs is 2. The van der Waals surface area contributed by atoms with Crippen molar-refractivity contribution in [2.24, 2.45) is 22.7 Å². The fourth-order valence-corrected chi connectivity index (χ4v) is 10.7. The molecule has 4 fully saturated rings. The van der Waals surface area contributed by atoms with Crippen LogP contribution >= 0.6 is 11.8 Å². The second-order valence-electron chi connectivity index (χ2n) is 16.7. The fourth-order valence-electron chi connectivity index (χ4n) is 8.25. The zero-order chi connectivity index (χ0) is 39.3. The predicted molar refractivity (Wildman–Crippen MR) is 208 cm³/mol. The SMILES string of the molecule is C=C[C@@H]1C[C@]1(CC(=O)[C@@H]1C[C@@H](OC(=O)N2c3ccccc3Sc3ccccc32)CN1C(=O)[C@@H](CC(=O)N1CCCCC1)C(C)(C)C)C(=O)NS(=O)(=O)C1CC1. The molecule has 294 valence electrons. The summed E-state index contributed by atoms with van der Waals surface area (Å²) < 4.78 is 34.0. The molecule has 4 amide bonds. The van der Waals surface area contributed by atoms with E-state index in [9.17, 15) is 32.4 Å². The number of sulfonamides is 1. The Labute approximate surface area is 327 Å². The first-order valence-corrected chi connectivity index (χ1v) is 21.7. The van der Waals surface area contributed by atoms with Crippen molar-refractivity contribution < 1.29 is 37.1 Å². The highest BCUT2D eigenvalue weighted by Crippen LogP contribution is 2.57. The largest absolute Gasteiger partial charge is 0.444 e. The summed E-state index contributed by atoms with van der Waals surface area (Å²) in [6.07, 6.45) is 3.71. The maximum absolute atomic E-state index is 14.8. The number of carbonyl (C=O) groups excluding carboxylic acids is 5. The van der Waals surface area contributed by atoms with Gasteiger partial charge in [-0.3, -0.25) is 23.9 Å². The standard InChI is InChI=1S/C41H50N4O8S2/c1-5-26-23-41(26,38(49)42-55(51,52)28-17-18-28)24-33(46)32-21-27(25-44(32)37(48)29(40(2,3)4)22-36(47)43-19-11-6-12-20-43)53-39(50)45-30-13-7-9-15-34(30)54-35-16-10-8-14-31(35)45/h5,7-10,13-16,26-29,32H,1,6,11-12,17-25H2,2-4H3,(H,42,49)/t26-,27-,29-,32+,41-/m1/s1. The first kappa shape index (κ1) is 39.1. The molecule has 3 aliphatic heterocycles. The molecule has 3 heterocycles. The normalized spacial score (nSPS) is 25.3. The lowest BCUT2D eigenvalue weighted by molar-refractivity contribution is -0.148. The Morgan fingerprint density at radius 1 is 0.982 bits per heavy atom. The van der Waals surface area contributed by atoms with Gasteiger partial charge in [0, 0.05) is 42.1 Å². The molecule has 12 nitrogen and oxygen atoms in total. The molecule has 1 N–H and O–H groups in total. The average molecular weight is 791 g/mol. The molecule has 0 bridgehead atoms. The Morgan fingerprint density at radius 3 is 2.16 bits per heavy atom. The van der Waals surface area contributed by atoms with Crippen molar-refractivity contribution in [1.82, 2.24) is 14.5 Å². The number of rotatable bonds is 11. The van der Waals surface area contributed by atoms with Gasteiger partial charge >= 0.3 is 6.09 Å². The van der Waals surface area contributed by atoms with Crippen molar-refractivity contribution in [2.45, 2.75) is 106 Å². The van der Waals surface area contributed by atoms with Crippen molar-refractivity contribution >= 4 is 62.8 Å². The minimum Gasteiger partial charge on any atom is -0.444 e. The molecule has 0 aromatic heterocycles. The van der Waals surface area contributed by atoms with Crippen LogP contribution in [0, 0.1) is 22.7 Å². The number of Topliss-reactive ketones (excluding diaryl/α,β-unsaturated/α-hetero) is 1. The number of carbonyl (C=O) groups is 5. The molecule has 7 rings (SSSR count). The molecule has 2 aliphatic carbocycles. The van der Waals surface area contributed by atoms with Gasteiger partial charge in [-0.25, -0.2) is 18.1 Å². The molecule has 2 saturated carbocycles. The zero-order valence-electron chi connectivity index (χ0n) is 31.7. The van der Waals surface area contributed by atoms with E-state index in [0.717, 1.165) is 29.1 Å². The number of hydrogen-bond acceptors (Lipinski definition) is 9. The summed E-state index contributed by atoms with van der Waals surface area (Å²) in [6, 6.07) is 13.9. The monoisotopic (exact) mass is 790 g/mol. The molecule has 5 aliphatic rings. The van der Waals surface area contributed by atoms with E-state index in [1.165, 1.54) is 9.80 Å². The smallest absolute Gasteiger partial charge is 0.419 e. The number of ketones is 1. The molecule has 2 aromatic rings. The van der Waals surface area contributed by atoms with E-state index < -0.39 is 73.8 Å². The number of piperidine rings is 1. The Morgan fingerprint density at radius 2 is 1.60 bits per heavy atom. The molecule has 0 spiro atoms. The average Bonchev–Trinajstić information content (AvgIpc) is 4.09. The lowest BCUT2D eigenvalue weighted by Crippen LogP contribution is -2.49. The van der Waals surface area contributed by atoms with Crippen LogP contribution in [0.4, 0.5) is 16.2 Å². The number of amides is 4. The van der Waals surface area contributed by atoms with Crippen molar-refractivity contribution in [3.8, 4) is 0 Å². The Kier molecular flexibility index (Phi) is 10.7. The van der Waals surface area contributed by atoms with Crippen LogP contribution in [0.3, 0.4) is 0 Å². The first-order chi connectivity index (χ1) is 26.1. The van der Waals surface area contributed by atoms with Gasteiger partial charge in [0.15, 0.2) is 5.78 Å². The van der Waals surface area contributed by atoms with Gasteiger partial charge in [0.05, 0.1) is 40.5 Å². The highest BCUT2D eigenvalue weighted by Gasteiger charge is 2.61. The van der Waals surface area contributed by atoms with E-state index in [4.69, 9.17) is 4.74 Å². The van der Waals surface area contributed by atoms with Gasteiger partial charge in [0.1, 0.15) is 6.10 Å². The summed E-state index contributed by atoms with van der Waals surface area (Å²) in [5.74, 6) is -2.89. The summed E-state index contributed by atoms with van der Waals surface area (Å²) in [5.41, 5.74) is -0.683. The number of allylic oxidation sites excluding steroid dienone is 1. The Bertz CT molecular complexity index is 1960. The number of nitrogens with one attached hydrogen (secondary N) is 1. The third-order valence-electron chi connectivity index (χ3n) is 11.8. The summed E-state index contributed by atoms with van der Waals surface area (Å²) >= 11 is 1.54. The van der Waals surface area contributed by atoms with Gasteiger partial charge in [-0.1, -0.05) is 62.9 Å². The minimum atomic E-state index is -3.87. The second-order valence-corrected chi connectivity index (χ2v) is 19.8. The van der Waals surface area contributed by atoms with Gasteiger partial charge in [-0.05, 0) is 74.1 Å². The minimum absolute atomic E-state index is 0.0179. The van der Waals surface area contributed by atoms with Crippen LogP contribution in [0.1, 0.15) is 78.6 Å². The highest BCUT2D eigenvalue weighted by atomic mass is 32.2. The summed E-state index contributed by atoms with van der Waals surface area (Å²) in [6.45, 7) is 10.7. The zero-order valence-corrected chi connectivity index (χ0v) is 33.3. The van der Waals surface area contributed by atoms with Crippen LogP contribution in [-0.2, 0) is 33.9 Å². The topological polar surface area (TPSA) is 150 Å². The first-order valence-electron chi connectivity index (χ1n) is 19.3. The summed E-state index contributed by atoms with van der Waals surface area (Å²) in [4.78, 5) is 77.2. The number of para-hydroxylation sites is 2. The molecular weight excluding hydrogens is 741 g/mol. The molecular formula is C41H50N4O8S2. The van der Waals surface area contributed by atoms with Crippen LogP contribution < -0.4 is 9.62 Å². The molecule has 0 unspecified atom stereocenters. The number of anilines is 2. The quantitative estimate of drug-likeness (QED) is 0.262. The Balaban J connectivity index is 1.16. The van der Waals surface area contributed by atoms with Crippen molar-refractivity contribution in [2.75, 3.05) is 24.5 Å². The molecule has 2 saturated heterocycles. The molecule has 55 heavy (non-hydrogen) atoms. The number of hydrogen-bond donors (Lipinski definition) is 1. The lowest BCUT2D eigenvalue weighted by Gasteiger charge is -2.36. The van der Waals surface area contributed by atoms with Crippen molar-refractivity contribution in [3.05, 3.63) is 61.2 Å². The van der Waals surface area contributed by atoms with Gasteiger partial charge in [0.25, 0.3) is 0 Å². The highest BCUT2D eigenvalue weighted by molar-refractivity contribution is 7.99. The maximum Gasteiger partial charge on any atom is 0.419 e. The van der Waals surface area contributed by atoms with Crippen molar-refractivity contribution in [1.29, 1.82) is 0 Å². The molecule has 0 radical (unpaired) electrons. The van der Waals surface area contributed by atoms with Gasteiger partial charge in [0.2, 0.25) is 27.7 Å². The maximum atomic E-state index is 14.8. The van der Waals surface area contributed by atoms with E-state index in [-0.39, 0.29) is 38.1 Å². The second kappa shape index (κ2) is 15.1. The van der Waals surface area contributed by atoms with E-state index in [1.54, 1.807) is 22.7 Å². The Hall–Kier alpha value is -4.17. The predicted octanol–water partition coefficient (Wildman–Crippen LogP) is 6.22. The summed E-state index contributed by atoms with van der Waals surface area (Å²) in [7, 11) is -3.87. The van der Waals surface area contributed by atoms with E-state index in [1.807, 2.05) is 69.3 Å². The van der Waals surface area contributed by atoms with Gasteiger partial charge in [-0.15, -0.1) is 6.58 Å². The van der Waals surface area contributed by atoms with Crippen LogP contribution in [0.25, 0.3) is 0 Å².